The molecule has 0 heterocycles. The van der Waals surface area contributed by atoms with Gasteiger partial charge in [0, 0.05) is 28.4 Å². The zero-order valence-corrected chi connectivity index (χ0v) is 40.6. The molecule has 0 unspecified atom stereocenters. The van der Waals surface area contributed by atoms with Crippen molar-refractivity contribution in [2.75, 3.05) is 85.3 Å². The molecule has 0 amide bonds. The third-order valence-corrected chi connectivity index (χ3v) is 2.54. The average molecular weight is 1180 g/mol. The molecule has 410 valence electrons. The fourth-order valence-corrected chi connectivity index (χ4v) is 0.821. The number of aliphatic hydroxyl groups excluding tert-OH is 4. The molecule has 0 aliphatic heterocycles. The van der Waals surface area contributed by atoms with Crippen molar-refractivity contribution < 1.29 is 208 Å². The third kappa shape index (κ3) is 264. The number of methoxy groups -OCH3 is 8. The molecular formula is C20H52Cl4Cu2N12O28. The Morgan fingerprint density at radius 2 is 0.303 bits per heavy atom. The van der Waals surface area contributed by atoms with Gasteiger partial charge >= 0.3 is 34.1 Å². The number of hydrogen-bond donors (Lipinski definition) is 16. The van der Waals surface area contributed by atoms with E-state index in [9.17, 15) is 0 Å². The molecule has 0 saturated heterocycles. The van der Waals surface area contributed by atoms with E-state index in [-0.39, 0.29) is 82.3 Å². The third-order valence-electron chi connectivity index (χ3n) is 2.54. The zero-order chi connectivity index (χ0) is 55.1. The minimum atomic E-state index is -4.94. The van der Waals surface area contributed by atoms with Crippen LogP contribution in [0.4, 0.5) is 0 Å². The summed E-state index contributed by atoms with van der Waals surface area (Å²) in [6, 6.07) is -1.65. The van der Waals surface area contributed by atoms with Gasteiger partial charge in [0.15, 0.2) is 0 Å². The monoisotopic (exact) mass is 1170 g/mol. The largest absolute Gasteiger partial charge is 2.00 e. The van der Waals surface area contributed by atoms with Crippen molar-refractivity contribution in [2.24, 2.45) is 0 Å². The Morgan fingerprint density at radius 3 is 0.333 bits per heavy atom. The summed E-state index contributed by atoms with van der Waals surface area (Å²) in [6.07, 6.45) is 0. The first-order valence-electron chi connectivity index (χ1n) is 13.2. The van der Waals surface area contributed by atoms with Crippen molar-refractivity contribution in [3.05, 3.63) is 0 Å². The zero-order valence-electron chi connectivity index (χ0n) is 35.7. The van der Waals surface area contributed by atoms with E-state index in [2.05, 4.69) is 59.2 Å². The first kappa shape index (κ1) is 100. The van der Waals surface area contributed by atoms with Crippen LogP contribution in [0.25, 0.3) is 0 Å². The predicted octanol–water partition coefficient (Wildman–Crippen LogP) is -21.6. The Balaban J connectivity index is -0.0000000384. The van der Waals surface area contributed by atoms with Crippen LogP contribution in [-0.2, 0) is 72.0 Å². The van der Waals surface area contributed by atoms with E-state index in [0.717, 1.165) is 28.4 Å². The van der Waals surface area contributed by atoms with Crippen LogP contribution in [0.3, 0.4) is 0 Å². The van der Waals surface area contributed by atoms with E-state index in [1.165, 1.54) is 56.9 Å². The molecule has 16 N–H and O–H groups in total. The Kier molecular flexibility index (Phi) is 107. The number of halogens is 4. The number of nitrogens with one attached hydrogen (secondary N) is 12. The van der Waals surface area contributed by atoms with E-state index >= 15 is 0 Å². The van der Waals surface area contributed by atoms with Gasteiger partial charge in [0.2, 0.25) is 0 Å². The van der Waals surface area contributed by atoms with Crippen LogP contribution < -0.4 is 95.8 Å². The van der Waals surface area contributed by atoms with Gasteiger partial charge < -0.3 is 58.3 Å². The van der Waals surface area contributed by atoms with Gasteiger partial charge in [0.1, 0.15) is 0 Å². The van der Waals surface area contributed by atoms with Crippen molar-refractivity contribution in [1.29, 1.82) is 43.3 Å². The molecule has 0 aliphatic rings. The maximum Gasteiger partial charge on any atom is 2.00 e. The Hall–Kier alpha value is -3.64. The van der Waals surface area contributed by atoms with E-state index < -0.39 is 41.0 Å². The standard InChI is InChI=1S/4C4H9N3O2.4CH4O.4ClHO4.2Cu/c4*1-8-3(5)7-4(6)9-2;4*1-2;4*2-1(3,4)5;;/h4*1-2H3,(H3,5,6,7);4*2H,1H3;4*(H,2,3,4,5);;/q;;;;;;;;;;;;2*+2/p-4. The second kappa shape index (κ2) is 70.4. The summed E-state index contributed by atoms with van der Waals surface area (Å²) in [4.78, 5) is 0. The molecule has 0 aromatic carbocycles. The fourth-order valence-electron chi connectivity index (χ4n) is 0.821. The van der Waals surface area contributed by atoms with Crippen LogP contribution in [0.5, 0.6) is 0 Å². The number of aliphatic hydroxyl groups is 4. The van der Waals surface area contributed by atoms with Crippen LogP contribution in [-0.4, -0.2) is 154 Å². The average Bonchev–Trinajstić information content (AvgIpc) is 3.18. The number of amidine groups is 8. The van der Waals surface area contributed by atoms with Crippen molar-refractivity contribution in [2.45, 2.75) is 0 Å². The van der Waals surface area contributed by atoms with Gasteiger partial charge in [0.25, 0.3) is 48.2 Å². The first-order chi connectivity index (χ1) is 28.8. The number of hydrogen-bond acceptors (Lipinski definition) is 36. The molecule has 40 nitrogen and oxygen atoms in total. The van der Waals surface area contributed by atoms with Gasteiger partial charge in [-0.05, 0) is 0 Å². The van der Waals surface area contributed by atoms with Gasteiger partial charge in [0.05, 0.1) is 56.9 Å². The summed E-state index contributed by atoms with van der Waals surface area (Å²) < 4.78 is 171. The molecule has 0 saturated carbocycles. The van der Waals surface area contributed by atoms with Crippen molar-refractivity contribution in [3.8, 4) is 0 Å². The molecule has 46 heteroatoms. The topological polar surface area (TPSA) is 763 Å². The summed E-state index contributed by atoms with van der Waals surface area (Å²) >= 11 is 0. The molecule has 0 bridgehead atoms. The normalized spacial score (nSPS) is 8.24. The smallest absolute Gasteiger partial charge is 0.468 e. The van der Waals surface area contributed by atoms with Crippen LogP contribution in [0.15, 0.2) is 0 Å². The predicted molar refractivity (Wildman–Crippen MR) is 163 cm³/mol. The Labute approximate surface area is 404 Å². The molecule has 66 heavy (non-hydrogen) atoms. The summed E-state index contributed by atoms with van der Waals surface area (Å²) in [5, 5.41) is 91.3. The molecule has 0 fully saturated rings. The van der Waals surface area contributed by atoms with Gasteiger partial charge in [-0.15, -0.1) is 41.0 Å². The molecule has 0 spiro atoms. The van der Waals surface area contributed by atoms with Gasteiger partial charge in [-0.1, -0.05) is 0 Å². The molecule has 0 rings (SSSR count). The summed E-state index contributed by atoms with van der Waals surface area (Å²) in [6.45, 7) is 0. The minimum Gasteiger partial charge on any atom is -0.468 e. The quantitative estimate of drug-likeness (QED) is 0.0608. The van der Waals surface area contributed by atoms with Gasteiger partial charge in [-0.25, -0.2) is 74.5 Å². The second-order valence-corrected chi connectivity index (χ2v) is 9.30. The SMILES string of the molecule is CO.CO.CO.CO.COC(=N)NC(=N)OC.COC(=N)NC(=N)OC.COC(=N)NC(=N)OC.COC(=N)NC(=N)OC.[Cu+2].[Cu+2].[O-][Cl+3]([O-])([O-])[O-].[O-][Cl+3]([O-])([O-])[O-].[O-][Cl+3]([O-])([O-])[O-].[O-][Cl+3]([O-])([O-])[O-]. The van der Waals surface area contributed by atoms with Crippen LogP contribution >= 0.6 is 0 Å². The maximum absolute atomic E-state index is 8.49. The molecular weight excluding hydrogens is 1130 g/mol. The second-order valence-electron chi connectivity index (χ2n) is 6.28. The molecule has 0 atom stereocenters. The summed E-state index contributed by atoms with van der Waals surface area (Å²) in [5.41, 5.74) is 0. The summed E-state index contributed by atoms with van der Waals surface area (Å²) in [5.74, 6) is 0. The maximum atomic E-state index is 8.49. The van der Waals surface area contributed by atoms with Crippen LogP contribution in [0, 0.1) is 84.2 Å². The van der Waals surface area contributed by atoms with Crippen molar-refractivity contribution in [3.63, 3.8) is 0 Å². The molecule has 2 radical (unpaired) electrons. The van der Waals surface area contributed by atoms with E-state index in [1.54, 1.807) is 0 Å². The van der Waals surface area contributed by atoms with E-state index in [4.69, 9.17) is 138 Å². The van der Waals surface area contributed by atoms with E-state index in [1.807, 2.05) is 0 Å². The minimum absolute atomic E-state index is 0. The summed E-state index contributed by atoms with van der Waals surface area (Å²) in [7, 11) is -5.12. The van der Waals surface area contributed by atoms with Gasteiger partial charge in [-0.2, -0.15) is 0 Å². The van der Waals surface area contributed by atoms with Crippen LogP contribution in [0.2, 0.25) is 0 Å². The number of rotatable bonds is 0. The molecule has 0 aromatic heterocycles. The van der Waals surface area contributed by atoms with Crippen molar-refractivity contribution >= 4 is 48.2 Å². The number of ether oxygens (including phenoxy) is 8. The first-order valence-corrected chi connectivity index (χ1v) is 18.1. The Bertz CT molecular complexity index is 881. The fraction of sp³-hybridized carbons (Fsp3) is 0.600. The molecule has 0 aliphatic carbocycles. The van der Waals surface area contributed by atoms with Crippen molar-refractivity contribution in [1.82, 2.24) is 21.3 Å². The van der Waals surface area contributed by atoms with E-state index in [0.29, 0.717) is 0 Å². The Morgan fingerprint density at radius 1 is 0.258 bits per heavy atom. The van der Waals surface area contributed by atoms with Gasteiger partial charge in [-0.3, -0.25) is 64.5 Å². The molecule has 0 aromatic rings. The van der Waals surface area contributed by atoms with Crippen LogP contribution in [0.1, 0.15) is 0 Å².